The number of nitrogens with zero attached hydrogens (tertiary/aromatic N) is 1. The molecular weight excluding hydrogens is 438 g/mol. The molecule has 188 valence electrons. The highest BCUT2D eigenvalue weighted by Gasteiger charge is 2.57. The fraction of sp³-hybridized carbons (Fsp3) is 0.621. The lowest BCUT2D eigenvalue weighted by molar-refractivity contribution is -0.153. The van der Waals surface area contributed by atoms with Crippen LogP contribution >= 0.6 is 0 Å². The number of hydrogen-bond donors (Lipinski definition) is 2. The second-order valence-corrected chi connectivity index (χ2v) is 11.7. The molecule has 2 saturated carbocycles. The number of rotatable bonds is 6. The maximum Gasteiger partial charge on any atom is 0.323 e. The van der Waals surface area contributed by atoms with Gasteiger partial charge in [-0.25, -0.2) is 0 Å². The monoisotopic (exact) mass is 477 g/mol. The minimum atomic E-state index is -0.791. The number of primary amides is 1. The van der Waals surface area contributed by atoms with Gasteiger partial charge in [-0.3, -0.25) is 14.6 Å². The van der Waals surface area contributed by atoms with Gasteiger partial charge in [0.2, 0.25) is 5.91 Å². The van der Waals surface area contributed by atoms with Gasteiger partial charge < -0.3 is 16.2 Å². The van der Waals surface area contributed by atoms with Crippen molar-refractivity contribution >= 4 is 17.4 Å². The largest absolute Gasteiger partial charge is 0.461 e. The van der Waals surface area contributed by atoms with Crippen LogP contribution in [0, 0.1) is 28.6 Å². The van der Waals surface area contributed by atoms with Crippen molar-refractivity contribution in [1.82, 2.24) is 4.98 Å². The molecule has 4 N–H and O–H groups in total. The molecule has 0 radical (unpaired) electrons. The Morgan fingerprint density at radius 2 is 1.94 bits per heavy atom. The number of amides is 1. The summed E-state index contributed by atoms with van der Waals surface area (Å²) in [6.07, 6.45) is 16.5. The van der Waals surface area contributed by atoms with Gasteiger partial charge in [-0.2, -0.15) is 0 Å². The van der Waals surface area contributed by atoms with Gasteiger partial charge in [-0.15, -0.1) is 0 Å². The topological polar surface area (TPSA) is 108 Å². The summed E-state index contributed by atoms with van der Waals surface area (Å²) in [4.78, 5) is 27.9. The van der Waals surface area contributed by atoms with Gasteiger partial charge in [-0.05, 0) is 90.7 Å². The molecule has 1 aromatic heterocycles. The summed E-state index contributed by atoms with van der Waals surface area (Å²) < 4.78 is 5.79. The van der Waals surface area contributed by atoms with Crippen molar-refractivity contribution in [3.63, 3.8) is 0 Å². The van der Waals surface area contributed by atoms with E-state index in [-0.39, 0.29) is 29.8 Å². The lowest BCUT2D eigenvalue weighted by Gasteiger charge is -2.57. The first-order chi connectivity index (χ1) is 16.7. The first-order valence-electron chi connectivity index (χ1n) is 13.3. The number of esters is 1. The van der Waals surface area contributed by atoms with Gasteiger partial charge in [0.05, 0.1) is 0 Å². The van der Waals surface area contributed by atoms with Gasteiger partial charge in [0.25, 0.3) is 0 Å². The summed E-state index contributed by atoms with van der Waals surface area (Å²) in [6, 6.07) is 3.46. The molecule has 0 bridgehead atoms. The quantitative estimate of drug-likeness (QED) is 0.462. The number of fused-ring (bicyclic) bond motifs is 5. The number of ether oxygens (including phenoxy) is 1. The minimum Gasteiger partial charge on any atom is -0.461 e. The lowest BCUT2D eigenvalue weighted by Crippen LogP contribution is -2.50. The summed E-state index contributed by atoms with van der Waals surface area (Å²) in [5.41, 5.74) is 15.8. The maximum absolute atomic E-state index is 12.5. The van der Waals surface area contributed by atoms with Crippen molar-refractivity contribution in [2.75, 3.05) is 0 Å². The van der Waals surface area contributed by atoms with Crippen molar-refractivity contribution in [3.05, 3.63) is 47.8 Å². The van der Waals surface area contributed by atoms with E-state index in [2.05, 4.69) is 37.0 Å². The molecule has 4 aliphatic carbocycles. The molecular formula is C29H39N3O3. The summed E-state index contributed by atoms with van der Waals surface area (Å²) in [6.45, 7) is 4.94. The standard InChI is InChI=1S/C29H39N3O3/c1-28-13-11-20(35-27(34)25(30)9-10-26(31)33)16-19(28)5-6-21-23-8-7-22(18-4-3-15-32-17-18)29(23,2)14-12-24(21)28/h3-5,7,15,17,20-21,23-25H,6,8-14,16,30H2,1-2H3,(H2,31,33)/t20-,21-,23-,24-,25?,28-,29+/m0/s1. The van der Waals surface area contributed by atoms with Crippen molar-refractivity contribution < 1.29 is 14.3 Å². The van der Waals surface area contributed by atoms with E-state index in [9.17, 15) is 9.59 Å². The van der Waals surface area contributed by atoms with Crippen LogP contribution in [0.2, 0.25) is 0 Å². The van der Waals surface area contributed by atoms with E-state index in [1.807, 2.05) is 18.5 Å². The third-order valence-corrected chi connectivity index (χ3v) is 9.90. The number of hydrogen-bond acceptors (Lipinski definition) is 5. The Kier molecular flexibility index (Phi) is 6.37. The Labute approximate surface area is 208 Å². The highest BCUT2D eigenvalue weighted by atomic mass is 16.5. The molecule has 6 heteroatoms. The Hall–Kier alpha value is -2.47. The molecule has 2 fully saturated rings. The van der Waals surface area contributed by atoms with Gasteiger partial charge in [0.1, 0.15) is 12.1 Å². The Morgan fingerprint density at radius 3 is 2.69 bits per heavy atom. The Morgan fingerprint density at radius 1 is 1.14 bits per heavy atom. The van der Waals surface area contributed by atoms with Crippen LogP contribution < -0.4 is 11.5 Å². The summed E-state index contributed by atoms with van der Waals surface area (Å²) in [7, 11) is 0. The molecule has 1 amide bonds. The van der Waals surface area contributed by atoms with Gasteiger partial charge in [0, 0.05) is 25.2 Å². The van der Waals surface area contributed by atoms with Crippen LogP contribution in [0.4, 0.5) is 0 Å². The van der Waals surface area contributed by atoms with Gasteiger partial charge >= 0.3 is 5.97 Å². The summed E-state index contributed by atoms with van der Waals surface area (Å²) >= 11 is 0. The number of pyridine rings is 1. The van der Waals surface area contributed by atoms with Crippen molar-refractivity contribution in [3.8, 4) is 0 Å². The Balaban J connectivity index is 1.28. The first-order valence-corrected chi connectivity index (χ1v) is 13.3. The average Bonchev–Trinajstić information content (AvgIpc) is 3.20. The van der Waals surface area contributed by atoms with E-state index in [0.717, 1.165) is 32.1 Å². The fourth-order valence-corrected chi connectivity index (χ4v) is 7.93. The number of carbonyl (C=O) groups is 2. The molecule has 0 saturated heterocycles. The van der Waals surface area contributed by atoms with Crippen LogP contribution in [-0.4, -0.2) is 29.0 Å². The van der Waals surface area contributed by atoms with E-state index in [1.54, 1.807) is 0 Å². The highest BCUT2D eigenvalue weighted by molar-refractivity contribution is 5.78. The number of allylic oxidation sites excluding steroid dienone is 3. The van der Waals surface area contributed by atoms with E-state index in [4.69, 9.17) is 16.2 Å². The highest BCUT2D eigenvalue weighted by Crippen LogP contribution is 2.66. The molecule has 7 atom stereocenters. The molecule has 0 aliphatic heterocycles. The third-order valence-electron chi connectivity index (χ3n) is 9.90. The SMILES string of the molecule is C[C@]12CC[C@H](OC(=O)C(N)CCC(N)=O)CC1=CC[C@@H]1[C@@H]2CC[C@]2(C)C(c3cccnc3)=CC[C@@H]12. The van der Waals surface area contributed by atoms with Crippen molar-refractivity contribution in [2.45, 2.75) is 83.8 Å². The molecule has 4 aliphatic rings. The fourth-order valence-electron chi connectivity index (χ4n) is 7.93. The number of nitrogens with two attached hydrogens (primary N) is 2. The van der Waals surface area contributed by atoms with E-state index >= 15 is 0 Å². The third kappa shape index (κ3) is 4.24. The Bertz CT molecular complexity index is 1050. The summed E-state index contributed by atoms with van der Waals surface area (Å²) in [5.74, 6) is 1.18. The molecule has 0 aromatic carbocycles. The smallest absolute Gasteiger partial charge is 0.323 e. The van der Waals surface area contributed by atoms with Crippen molar-refractivity contribution in [1.29, 1.82) is 0 Å². The van der Waals surface area contributed by atoms with Crippen molar-refractivity contribution in [2.24, 2.45) is 40.1 Å². The molecule has 1 heterocycles. The number of carbonyl (C=O) groups excluding carboxylic acids is 2. The maximum atomic E-state index is 12.5. The molecule has 1 unspecified atom stereocenters. The normalized spacial score (nSPS) is 36.7. The molecule has 35 heavy (non-hydrogen) atoms. The van der Waals surface area contributed by atoms with Gasteiger partial charge in [-0.1, -0.05) is 37.6 Å². The predicted molar refractivity (Wildman–Crippen MR) is 136 cm³/mol. The minimum absolute atomic E-state index is 0.102. The molecule has 6 nitrogen and oxygen atoms in total. The molecule has 5 rings (SSSR count). The van der Waals surface area contributed by atoms with E-state index in [0.29, 0.717) is 17.8 Å². The van der Waals surface area contributed by atoms with E-state index in [1.165, 1.54) is 29.6 Å². The zero-order valence-electron chi connectivity index (χ0n) is 21.0. The predicted octanol–water partition coefficient (Wildman–Crippen LogP) is 4.54. The second kappa shape index (κ2) is 9.20. The summed E-state index contributed by atoms with van der Waals surface area (Å²) in [5, 5.41) is 0. The van der Waals surface area contributed by atoms with Crippen LogP contribution in [0.5, 0.6) is 0 Å². The van der Waals surface area contributed by atoms with Crippen LogP contribution in [-0.2, 0) is 14.3 Å². The zero-order valence-corrected chi connectivity index (χ0v) is 21.0. The molecule has 1 aromatic rings. The average molecular weight is 478 g/mol. The lowest BCUT2D eigenvalue weighted by atomic mass is 9.47. The first kappa shape index (κ1) is 24.2. The number of aromatic nitrogens is 1. The van der Waals surface area contributed by atoms with Gasteiger partial charge in [0.15, 0.2) is 0 Å². The van der Waals surface area contributed by atoms with Crippen LogP contribution in [0.3, 0.4) is 0 Å². The van der Waals surface area contributed by atoms with Crippen LogP contribution in [0.25, 0.3) is 5.57 Å². The molecule has 0 spiro atoms. The second-order valence-electron chi connectivity index (χ2n) is 11.7. The van der Waals surface area contributed by atoms with Crippen LogP contribution in [0.1, 0.15) is 77.2 Å². The zero-order chi connectivity index (χ0) is 24.8. The van der Waals surface area contributed by atoms with E-state index < -0.39 is 17.9 Å². The van der Waals surface area contributed by atoms with Crippen LogP contribution in [0.15, 0.2) is 42.3 Å².